The molecule has 8 atom stereocenters. The van der Waals surface area contributed by atoms with Crippen molar-refractivity contribution in [1.82, 2.24) is 0 Å². The molecule has 0 fully saturated rings. The van der Waals surface area contributed by atoms with E-state index in [0.29, 0.717) is 25.7 Å². The van der Waals surface area contributed by atoms with Crippen molar-refractivity contribution >= 4 is 39.5 Å². The molecule has 0 radical (unpaired) electrons. The van der Waals surface area contributed by atoms with Crippen LogP contribution in [0.5, 0.6) is 0 Å². The molecule has 0 bridgehead atoms. The summed E-state index contributed by atoms with van der Waals surface area (Å²) in [6.07, 6.45) is 33.5. The largest absolute Gasteiger partial charge is 0.472 e. The zero-order valence-electron chi connectivity index (χ0n) is 52.2. The number of esters is 4. The summed E-state index contributed by atoms with van der Waals surface area (Å²) in [6.45, 7) is 11.7. The van der Waals surface area contributed by atoms with Crippen molar-refractivity contribution in [3.05, 3.63) is 0 Å². The lowest BCUT2D eigenvalue weighted by molar-refractivity contribution is -0.161. The van der Waals surface area contributed by atoms with E-state index >= 15 is 0 Å². The molecule has 0 aliphatic heterocycles. The summed E-state index contributed by atoms with van der Waals surface area (Å²) >= 11 is 0. The minimum Gasteiger partial charge on any atom is -0.462 e. The Morgan fingerprint density at radius 1 is 0.346 bits per heavy atom. The normalized spacial score (nSPS) is 15.4. The Balaban J connectivity index is 5.25. The van der Waals surface area contributed by atoms with Gasteiger partial charge in [0.15, 0.2) is 12.2 Å². The van der Waals surface area contributed by atoms with E-state index in [1.54, 1.807) is 0 Å². The van der Waals surface area contributed by atoms with Crippen LogP contribution in [0.25, 0.3) is 0 Å². The van der Waals surface area contributed by atoms with Crippen molar-refractivity contribution in [3.8, 4) is 0 Å². The van der Waals surface area contributed by atoms with Gasteiger partial charge in [-0.25, -0.2) is 9.13 Å². The number of hydrogen-bond acceptors (Lipinski definition) is 15. The summed E-state index contributed by atoms with van der Waals surface area (Å²) in [7, 11) is -9.88. The van der Waals surface area contributed by atoms with Gasteiger partial charge in [-0.3, -0.25) is 37.3 Å². The van der Waals surface area contributed by atoms with E-state index in [-0.39, 0.29) is 25.7 Å². The van der Waals surface area contributed by atoms with Crippen LogP contribution in [0.3, 0.4) is 0 Å². The average Bonchev–Trinajstić information content (AvgIpc) is 3.44. The van der Waals surface area contributed by atoms with Crippen molar-refractivity contribution in [2.75, 3.05) is 39.6 Å². The molecule has 0 rings (SSSR count). The fourth-order valence-corrected chi connectivity index (χ4v) is 10.6. The smallest absolute Gasteiger partial charge is 0.462 e. The highest BCUT2D eigenvalue weighted by Crippen LogP contribution is 2.45. The molecule has 0 amide bonds. The molecule has 0 aliphatic carbocycles. The lowest BCUT2D eigenvalue weighted by Gasteiger charge is -2.21. The topological polar surface area (TPSA) is 237 Å². The molecular weight excluding hydrogens is 1080 g/mol. The second-order valence-electron chi connectivity index (χ2n) is 23.2. The SMILES string of the molecule is CCCCCCCCCC(=O)OC[C@H](COP(=O)(O)OC[C@H](O)COP(=O)(O)OC[C@@H](COC(=O)CCCCCCCCCCC(C)CC)OC(=O)CCCCCCCCCCC(C)CC)OC(=O)CCCCCCCCC(C)CC. The molecule has 0 aromatic carbocycles. The number of ether oxygens (including phenoxy) is 4. The Morgan fingerprint density at radius 3 is 0.877 bits per heavy atom. The minimum absolute atomic E-state index is 0.102. The van der Waals surface area contributed by atoms with E-state index in [0.717, 1.165) is 120 Å². The van der Waals surface area contributed by atoms with Crippen molar-refractivity contribution in [3.63, 3.8) is 0 Å². The molecule has 81 heavy (non-hydrogen) atoms. The van der Waals surface area contributed by atoms with Crippen LogP contribution in [0.15, 0.2) is 0 Å². The molecule has 19 heteroatoms. The van der Waals surface area contributed by atoms with Crippen LogP contribution in [0.2, 0.25) is 0 Å². The van der Waals surface area contributed by atoms with Gasteiger partial charge in [0.1, 0.15) is 19.3 Å². The van der Waals surface area contributed by atoms with Gasteiger partial charge in [-0.2, -0.15) is 0 Å². The standard InChI is InChI=1S/C62H120O17P2/c1-8-12-13-14-19-29-36-43-59(64)72-49-58(79-62(67)46-39-32-25-24-28-35-42-55(7)11-4)52-77-81(70,71)75-48-56(63)47-74-80(68,69)76-51-57(78-61(66)45-38-31-23-18-16-21-27-34-41-54(6)10-3)50-73-60(65)44-37-30-22-17-15-20-26-33-40-53(5)9-2/h53-58,63H,8-52H2,1-7H3,(H,68,69)(H,70,71)/t53?,54?,55?,56-,57-,58-/m1/s1. The Hall–Kier alpha value is -1.94. The van der Waals surface area contributed by atoms with Crippen LogP contribution in [0, 0.1) is 17.8 Å². The molecule has 0 saturated carbocycles. The first-order valence-corrected chi connectivity index (χ1v) is 35.5. The van der Waals surface area contributed by atoms with Crippen LogP contribution >= 0.6 is 15.6 Å². The van der Waals surface area contributed by atoms with Gasteiger partial charge in [0.05, 0.1) is 26.4 Å². The second-order valence-corrected chi connectivity index (χ2v) is 26.1. The zero-order chi connectivity index (χ0) is 60.3. The monoisotopic (exact) mass is 1200 g/mol. The maximum absolute atomic E-state index is 13.0. The minimum atomic E-state index is -4.94. The highest BCUT2D eigenvalue weighted by Gasteiger charge is 2.30. The summed E-state index contributed by atoms with van der Waals surface area (Å²) in [4.78, 5) is 72.0. The van der Waals surface area contributed by atoms with E-state index in [1.807, 2.05) is 0 Å². The Kier molecular flexibility index (Phi) is 52.2. The van der Waals surface area contributed by atoms with Gasteiger partial charge in [0, 0.05) is 25.7 Å². The van der Waals surface area contributed by atoms with E-state index in [9.17, 15) is 43.2 Å². The highest BCUT2D eigenvalue weighted by molar-refractivity contribution is 7.47. The van der Waals surface area contributed by atoms with Gasteiger partial charge in [-0.15, -0.1) is 0 Å². The van der Waals surface area contributed by atoms with Crippen LogP contribution in [0.4, 0.5) is 0 Å². The molecule has 0 spiro atoms. The molecular formula is C62H120O17P2. The molecule has 0 heterocycles. The number of carbonyl (C=O) groups is 4. The van der Waals surface area contributed by atoms with E-state index < -0.39 is 97.5 Å². The number of aliphatic hydroxyl groups is 1. The summed E-state index contributed by atoms with van der Waals surface area (Å²) < 4.78 is 67.8. The summed E-state index contributed by atoms with van der Waals surface area (Å²) in [5, 5.41) is 10.5. The highest BCUT2D eigenvalue weighted by atomic mass is 31.2. The maximum atomic E-state index is 13.0. The van der Waals surface area contributed by atoms with Gasteiger partial charge in [-0.1, -0.05) is 248 Å². The zero-order valence-corrected chi connectivity index (χ0v) is 54.0. The number of unbranched alkanes of at least 4 members (excludes halogenated alkanes) is 25. The average molecular weight is 1200 g/mol. The predicted octanol–water partition coefficient (Wildman–Crippen LogP) is 16.7. The summed E-state index contributed by atoms with van der Waals surface area (Å²) in [5.74, 6) is 0.121. The molecule has 17 nitrogen and oxygen atoms in total. The number of carbonyl (C=O) groups excluding carboxylic acids is 4. The van der Waals surface area contributed by atoms with E-state index in [1.165, 1.54) is 96.3 Å². The quantitative estimate of drug-likeness (QED) is 0.0222. The van der Waals surface area contributed by atoms with Crippen LogP contribution in [0.1, 0.15) is 299 Å². The Morgan fingerprint density at radius 2 is 0.593 bits per heavy atom. The molecule has 0 saturated heterocycles. The van der Waals surface area contributed by atoms with Crippen molar-refractivity contribution in [1.29, 1.82) is 0 Å². The predicted molar refractivity (Wildman–Crippen MR) is 321 cm³/mol. The van der Waals surface area contributed by atoms with Crippen LogP contribution in [-0.2, 0) is 65.4 Å². The third-order valence-corrected chi connectivity index (χ3v) is 17.1. The molecule has 0 aromatic heterocycles. The lowest BCUT2D eigenvalue weighted by Crippen LogP contribution is -2.30. The van der Waals surface area contributed by atoms with E-state index in [4.69, 9.17) is 37.0 Å². The first kappa shape index (κ1) is 79.1. The number of aliphatic hydroxyl groups excluding tert-OH is 1. The number of rotatable bonds is 60. The third-order valence-electron chi connectivity index (χ3n) is 15.2. The van der Waals surface area contributed by atoms with Gasteiger partial charge < -0.3 is 33.8 Å². The third kappa shape index (κ3) is 53.3. The molecule has 480 valence electrons. The van der Waals surface area contributed by atoms with Crippen molar-refractivity contribution < 1.29 is 80.2 Å². The summed E-state index contributed by atoms with van der Waals surface area (Å²) in [6, 6.07) is 0. The van der Waals surface area contributed by atoms with Gasteiger partial charge in [-0.05, 0) is 43.4 Å². The number of hydrogen-bond donors (Lipinski definition) is 3. The molecule has 0 aromatic rings. The second kappa shape index (κ2) is 53.5. The van der Waals surface area contributed by atoms with Crippen molar-refractivity contribution in [2.24, 2.45) is 17.8 Å². The summed E-state index contributed by atoms with van der Waals surface area (Å²) in [5.41, 5.74) is 0. The van der Waals surface area contributed by atoms with Crippen LogP contribution < -0.4 is 0 Å². The van der Waals surface area contributed by atoms with Gasteiger partial charge in [0.25, 0.3) is 0 Å². The van der Waals surface area contributed by atoms with Crippen molar-refractivity contribution in [2.45, 2.75) is 317 Å². The Labute approximate surface area is 492 Å². The first-order chi connectivity index (χ1) is 38.8. The lowest BCUT2D eigenvalue weighted by atomic mass is 9.99. The fourth-order valence-electron chi connectivity index (χ4n) is 9.03. The van der Waals surface area contributed by atoms with Gasteiger partial charge in [0.2, 0.25) is 0 Å². The first-order valence-electron chi connectivity index (χ1n) is 32.5. The number of phosphoric ester groups is 2. The maximum Gasteiger partial charge on any atom is 0.472 e. The van der Waals surface area contributed by atoms with Crippen LogP contribution in [-0.4, -0.2) is 96.7 Å². The molecule has 3 N–H and O–H groups in total. The molecule has 0 aliphatic rings. The van der Waals surface area contributed by atoms with Gasteiger partial charge >= 0.3 is 39.5 Å². The van der Waals surface area contributed by atoms with E-state index in [2.05, 4.69) is 48.5 Å². The fraction of sp³-hybridized carbons (Fsp3) is 0.935. The number of phosphoric acid groups is 2. The molecule has 5 unspecified atom stereocenters. The Bertz CT molecular complexity index is 1620.